The minimum atomic E-state index is -0.576. The third kappa shape index (κ3) is 3.45. The van der Waals surface area contributed by atoms with Crippen LogP contribution in [0.1, 0.15) is 31.2 Å². The normalized spacial score (nSPS) is 17.5. The first-order valence-corrected chi connectivity index (χ1v) is 6.36. The van der Waals surface area contributed by atoms with Crippen LogP contribution in [0, 0.1) is 0 Å². The van der Waals surface area contributed by atoms with Crippen molar-refractivity contribution in [2.24, 2.45) is 5.73 Å². The molecule has 0 heterocycles. The van der Waals surface area contributed by atoms with Crippen LogP contribution in [0.15, 0.2) is 24.3 Å². The monoisotopic (exact) mass is 235 g/mol. The van der Waals surface area contributed by atoms with E-state index in [0.29, 0.717) is 13.2 Å². The molecule has 0 saturated heterocycles. The molecule has 0 radical (unpaired) electrons. The summed E-state index contributed by atoms with van der Waals surface area (Å²) in [5.74, 6) is 0.847. The first-order chi connectivity index (χ1) is 8.22. The minimum absolute atomic E-state index is 0.410. The van der Waals surface area contributed by atoms with Gasteiger partial charge in [0.05, 0.1) is 5.60 Å². The summed E-state index contributed by atoms with van der Waals surface area (Å²) in [4.78, 5) is 0. The molecule has 1 aliphatic rings. The lowest BCUT2D eigenvalue weighted by molar-refractivity contribution is -0.0663. The molecule has 94 valence electrons. The number of hydrogen-bond acceptors (Lipinski definition) is 3. The van der Waals surface area contributed by atoms with Crippen molar-refractivity contribution in [2.45, 2.75) is 37.7 Å². The number of rotatable bonds is 6. The molecule has 0 unspecified atom stereocenters. The Hall–Kier alpha value is -1.06. The van der Waals surface area contributed by atoms with Crippen molar-refractivity contribution < 1.29 is 9.84 Å². The Morgan fingerprint density at radius 3 is 2.82 bits per heavy atom. The molecule has 1 aromatic rings. The van der Waals surface area contributed by atoms with Gasteiger partial charge in [-0.3, -0.25) is 0 Å². The summed E-state index contributed by atoms with van der Waals surface area (Å²) in [5, 5.41) is 9.94. The van der Waals surface area contributed by atoms with Crippen LogP contribution < -0.4 is 10.5 Å². The summed E-state index contributed by atoms with van der Waals surface area (Å²) < 4.78 is 5.65. The molecule has 0 atom stereocenters. The van der Waals surface area contributed by atoms with Crippen molar-refractivity contribution in [3.8, 4) is 5.75 Å². The van der Waals surface area contributed by atoms with Crippen LogP contribution in [-0.4, -0.2) is 23.9 Å². The largest absolute Gasteiger partial charge is 0.491 e. The third-order valence-electron chi connectivity index (χ3n) is 3.36. The molecule has 1 aliphatic carbocycles. The Bertz CT molecular complexity index is 361. The van der Waals surface area contributed by atoms with Gasteiger partial charge in [-0.2, -0.15) is 0 Å². The molecule has 0 amide bonds. The van der Waals surface area contributed by atoms with Crippen molar-refractivity contribution in [1.29, 1.82) is 0 Å². The molecule has 1 fully saturated rings. The lowest BCUT2D eigenvalue weighted by Gasteiger charge is -2.36. The quantitative estimate of drug-likeness (QED) is 0.791. The summed E-state index contributed by atoms with van der Waals surface area (Å²) in [5.41, 5.74) is 6.16. The number of aryl methyl sites for hydroxylation is 1. The predicted molar refractivity (Wildman–Crippen MR) is 68.1 cm³/mol. The highest BCUT2D eigenvalue weighted by molar-refractivity contribution is 5.28. The number of benzene rings is 1. The maximum Gasteiger partial charge on any atom is 0.119 e. The smallest absolute Gasteiger partial charge is 0.119 e. The van der Waals surface area contributed by atoms with Gasteiger partial charge < -0.3 is 15.6 Å². The molecule has 3 N–H and O–H groups in total. The Kier molecular flexibility index (Phi) is 4.02. The zero-order chi connectivity index (χ0) is 12.1. The van der Waals surface area contributed by atoms with Crippen molar-refractivity contribution in [2.75, 3.05) is 13.2 Å². The van der Waals surface area contributed by atoms with Crippen LogP contribution in [0.2, 0.25) is 0 Å². The molecule has 3 nitrogen and oxygen atoms in total. The van der Waals surface area contributed by atoms with E-state index in [1.807, 2.05) is 18.2 Å². The highest BCUT2D eigenvalue weighted by Crippen LogP contribution is 2.32. The van der Waals surface area contributed by atoms with Gasteiger partial charge in [0, 0.05) is 0 Å². The number of ether oxygens (including phenoxy) is 1. The fourth-order valence-electron chi connectivity index (χ4n) is 2.04. The predicted octanol–water partition coefficient (Wildman–Crippen LogP) is 1.87. The average molecular weight is 235 g/mol. The van der Waals surface area contributed by atoms with Gasteiger partial charge >= 0.3 is 0 Å². The average Bonchev–Trinajstić information content (AvgIpc) is 2.32. The van der Waals surface area contributed by atoms with Gasteiger partial charge in [0.15, 0.2) is 0 Å². The van der Waals surface area contributed by atoms with E-state index in [0.717, 1.165) is 37.9 Å². The zero-order valence-corrected chi connectivity index (χ0v) is 10.2. The second-order valence-corrected chi connectivity index (χ2v) is 4.91. The maximum absolute atomic E-state index is 9.94. The topological polar surface area (TPSA) is 55.5 Å². The summed E-state index contributed by atoms with van der Waals surface area (Å²) in [6.45, 7) is 1.12. The summed E-state index contributed by atoms with van der Waals surface area (Å²) in [6, 6.07) is 8.05. The van der Waals surface area contributed by atoms with E-state index in [2.05, 4.69) is 6.07 Å². The Labute approximate surface area is 103 Å². The standard InChI is InChI=1S/C14H21NO2/c15-9-2-5-12-4-1-6-13(10-12)17-11-14(16)7-3-8-14/h1,4,6,10,16H,2-3,5,7-9,11,15H2. The molecule has 0 aromatic heterocycles. The number of aliphatic hydroxyl groups is 1. The second-order valence-electron chi connectivity index (χ2n) is 4.91. The first-order valence-electron chi connectivity index (χ1n) is 6.36. The van der Waals surface area contributed by atoms with Crippen LogP contribution in [0.25, 0.3) is 0 Å². The van der Waals surface area contributed by atoms with E-state index in [4.69, 9.17) is 10.5 Å². The molecule has 1 saturated carbocycles. The molecule has 0 aliphatic heterocycles. The van der Waals surface area contributed by atoms with Crippen molar-refractivity contribution in [3.05, 3.63) is 29.8 Å². The zero-order valence-electron chi connectivity index (χ0n) is 10.2. The third-order valence-corrected chi connectivity index (χ3v) is 3.36. The highest BCUT2D eigenvalue weighted by Gasteiger charge is 2.35. The fraction of sp³-hybridized carbons (Fsp3) is 0.571. The molecular weight excluding hydrogens is 214 g/mol. The van der Waals surface area contributed by atoms with Gasteiger partial charge in [-0.1, -0.05) is 12.1 Å². The Morgan fingerprint density at radius 2 is 2.18 bits per heavy atom. The van der Waals surface area contributed by atoms with E-state index in [-0.39, 0.29) is 0 Å². The molecule has 0 spiro atoms. The van der Waals surface area contributed by atoms with Crippen LogP contribution in [0.4, 0.5) is 0 Å². The number of nitrogens with two attached hydrogens (primary N) is 1. The maximum atomic E-state index is 9.94. The van der Waals surface area contributed by atoms with E-state index in [9.17, 15) is 5.11 Å². The first kappa shape index (κ1) is 12.4. The molecule has 2 rings (SSSR count). The molecular formula is C14H21NO2. The van der Waals surface area contributed by atoms with Crippen LogP contribution in [0.5, 0.6) is 5.75 Å². The van der Waals surface area contributed by atoms with E-state index >= 15 is 0 Å². The number of hydrogen-bond donors (Lipinski definition) is 2. The summed E-state index contributed by atoms with van der Waals surface area (Å²) in [6.07, 6.45) is 4.81. The van der Waals surface area contributed by atoms with Gasteiger partial charge in [-0.25, -0.2) is 0 Å². The van der Waals surface area contributed by atoms with Crippen molar-refractivity contribution in [1.82, 2.24) is 0 Å². The van der Waals surface area contributed by atoms with Crippen molar-refractivity contribution in [3.63, 3.8) is 0 Å². The van der Waals surface area contributed by atoms with E-state index < -0.39 is 5.60 Å². The van der Waals surface area contributed by atoms with Gasteiger partial charge in [0.2, 0.25) is 0 Å². The van der Waals surface area contributed by atoms with Crippen LogP contribution in [-0.2, 0) is 6.42 Å². The van der Waals surface area contributed by atoms with Gasteiger partial charge in [0.25, 0.3) is 0 Å². The molecule has 1 aromatic carbocycles. The van der Waals surface area contributed by atoms with Crippen LogP contribution in [0.3, 0.4) is 0 Å². The fourth-order valence-corrected chi connectivity index (χ4v) is 2.04. The molecule has 17 heavy (non-hydrogen) atoms. The highest BCUT2D eigenvalue weighted by atomic mass is 16.5. The van der Waals surface area contributed by atoms with Gasteiger partial charge in [-0.15, -0.1) is 0 Å². The SMILES string of the molecule is NCCCc1cccc(OCC2(O)CCC2)c1. The van der Waals surface area contributed by atoms with E-state index in [1.165, 1.54) is 5.56 Å². The second kappa shape index (κ2) is 5.52. The van der Waals surface area contributed by atoms with Crippen molar-refractivity contribution >= 4 is 0 Å². The van der Waals surface area contributed by atoms with E-state index in [1.54, 1.807) is 0 Å². The lowest BCUT2D eigenvalue weighted by Crippen LogP contribution is -2.42. The van der Waals surface area contributed by atoms with Crippen LogP contribution >= 0.6 is 0 Å². The Morgan fingerprint density at radius 1 is 1.35 bits per heavy atom. The van der Waals surface area contributed by atoms with Gasteiger partial charge in [0.1, 0.15) is 12.4 Å². The lowest BCUT2D eigenvalue weighted by atomic mass is 9.81. The molecule has 0 bridgehead atoms. The van der Waals surface area contributed by atoms with Gasteiger partial charge in [-0.05, 0) is 56.3 Å². The molecule has 3 heteroatoms. The Balaban J connectivity index is 1.87. The summed E-state index contributed by atoms with van der Waals surface area (Å²) in [7, 11) is 0. The summed E-state index contributed by atoms with van der Waals surface area (Å²) >= 11 is 0. The minimum Gasteiger partial charge on any atom is -0.491 e.